The second-order valence-electron chi connectivity index (χ2n) is 4.09. The zero-order valence-electron chi connectivity index (χ0n) is 10.1. The normalized spacial score (nSPS) is 12.5. The number of nitrogens with zero attached hydrogens (tertiary/aromatic N) is 1. The Morgan fingerprint density at radius 1 is 0.905 bits per heavy atom. The third-order valence-corrected chi connectivity index (χ3v) is 2.96. The van der Waals surface area contributed by atoms with Crippen LogP contribution in [0.5, 0.6) is 0 Å². The summed E-state index contributed by atoms with van der Waals surface area (Å²) in [6.07, 6.45) is -8.48. The first-order valence-corrected chi connectivity index (χ1v) is 5.88. The minimum atomic E-state index is -4.82. The summed E-state index contributed by atoms with van der Waals surface area (Å²) >= 11 is 5.51. The molecule has 0 saturated carbocycles. The van der Waals surface area contributed by atoms with E-state index in [1.54, 1.807) is 0 Å². The fourth-order valence-electron chi connectivity index (χ4n) is 1.77. The first kappa shape index (κ1) is 15.6. The first-order valence-electron chi connectivity index (χ1n) is 5.50. The maximum Gasteiger partial charge on any atom is 0.419 e. The molecule has 0 aliphatic rings. The van der Waals surface area contributed by atoms with Crippen LogP contribution >= 0.6 is 11.6 Å². The van der Waals surface area contributed by atoms with Crippen LogP contribution in [0.4, 0.5) is 26.3 Å². The highest BCUT2D eigenvalue weighted by Crippen LogP contribution is 2.41. The maximum absolute atomic E-state index is 13.0. The van der Waals surface area contributed by atoms with E-state index in [2.05, 4.69) is 4.98 Å². The molecule has 0 N–H and O–H groups in total. The molecule has 1 heterocycles. The lowest BCUT2D eigenvalue weighted by Crippen LogP contribution is -2.10. The van der Waals surface area contributed by atoms with Crippen molar-refractivity contribution >= 4 is 11.6 Å². The van der Waals surface area contributed by atoms with Crippen molar-refractivity contribution in [3.8, 4) is 11.3 Å². The van der Waals surface area contributed by atoms with Gasteiger partial charge in [-0.15, -0.1) is 0 Å². The Kier molecular flexibility index (Phi) is 3.88. The Balaban J connectivity index is 2.66. The van der Waals surface area contributed by atoms with E-state index in [0.717, 1.165) is 30.5 Å². The van der Waals surface area contributed by atoms with Gasteiger partial charge in [-0.05, 0) is 18.2 Å². The van der Waals surface area contributed by atoms with E-state index in [1.807, 2.05) is 0 Å². The van der Waals surface area contributed by atoms with E-state index < -0.39 is 34.2 Å². The number of hydrogen-bond acceptors (Lipinski definition) is 1. The van der Waals surface area contributed by atoms with Crippen molar-refractivity contribution in [2.24, 2.45) is 0 Å². The zero-order valence-corrected chi connectivity index (χ0v) is 10.8. The number of rotatable bonds is 1. The summed E-state index contributed by atoms with van der Waals surface area (Å²) in [5.74, 6) is 0. The van der Waals surface area contributed by atoms with E-state index in [1.165, 1.54) is 0 Å². The highest BCUT2D eigenvalue weighted by atomic mass is 35.5. The topological polar surface area (TPSA) is 12.9 Å². The van der Waals surface area contributed by atoms with Gasteiger partial charge in [-0.2, -0.15) is 26.3 Å². The van der Waals surface area contributed by atoms with Crippen LogP contribution in [-0.2, 0) is 12.4 Å². The monoisotopic (exact) mass is 325 g/mol. The molecule has 0 unspecified atom stereocenters. The molecule has 0 saturated heterocycles. The molecule has 2 aromatic rings. The van der Waals surface area contributed by atoms with E-state index in [4.69, 9.17) is 11.6 Å². The van der Waals surface area contributed by atoms with Crippen LogP contribution in [0.1, 0.15) is 11.1 Å². The number of benzene rings is 1. The molecule has 0 aliphatic heterocycles. The van der Waals surface area contributed by atoms with Crippen LogP contribution in [0.25, 0.3) is 11.3 Å². The first-order chi connectivity index (χ1) is 9.60. The number of pyridine rings is 1. The Hall–Kier alpha value is -1.76. The lowest BCUT2D eigenvalue weighted by atomic mass is 10.0. The van der Waals surface area contributed by atoms with E-state index in [0.29, 0.717) is 6.07 Å². The van der Waals surface area contributed by atoms with E-state index in [9.17, 15) is 26.3 Å². The summed E-state index contributed by atoms with van der Waals surface area (Å²) < 4.78 is 76.8. The predicted molar refractivity (Wildman–Crippen MR) is 64.7 cm³/mol. The van der Waals surface area contributed by atoms with Gasteiger partial charge in [-0.25, -0.2) is 0 Å². The molecule has 0 atom stereocenters. The Morgan fingerprint density at radius 3 is 2.14 bits per heavy atom. The van der Waals surface area contributed by atoms with Gasteiger partial charge in [0.2, 0.25) is 0 Å². The summed E-state index contributed by atoms with van der Waals surface area (Å²) in [5.41, 5.74) is -3.26. The molecule has 21 heavy (non-hydrogen) atoms. The Labute approximate surface area is 120 Å². The standard InChI is InChI=1S/C13H6ClF6N/c14-9-4-5-21-11(10(9)13(18,19)20)7-2-1-3-8(6-7)12(15,16)17/h1-6H. The summed E-state index contributed by atoms with van der Waals surface area (Å²) in [6.45, 7) is 0. The Morgan fingerprint density at radius 2 is 1.57 bits per heavy atom. The van der Waals surface area contributed by atoms with Gasteiger partial charge >= 0.3 is 12.4 Å². The third-order valence-electron chi connectivity index (χ3n) is 2.65. The number of halogens is 7. The second-order valence-corrected chi connectivity index (χ2v) is 4.50. The van der Waals surface area contributed by atoms with Crippen LogP contribution in [0.15, 0.2) is 36.5 Å². The number of alkyl halides is 6. The lowest BCUT2D eigenvalue weighted by Gasteiger charge is -2.14. The molecular formula is C13H6ClF6N. The maximum atomic E-state index is 13.0. The molecule has 0 spiro atoms. The van der Waals surface area contributed by atoms with Crippen LogP contribution in [0, 0.1) is 0 Å². The fraction of sp³-hybridized carbons (Fsp3) is 0.154. The van der Waals surface area contributed by atoms with Gasteiger partial charge in [-0.1, -0.05) is 23.7 Å². The highest BCUT2D eigenvalue weighted by Gasteiger charge is 2.38. The minimum absolute atomic E-state index is 0.306. The highest BCUT2D eigenvalue weighted by molar-refractivity contribution is 6.31. The van der Waals surface area contributed by atoms with Gasteiger partial charge in [0.15, 0.2) is 0 Å². The van der Waals surface area contributed by atoms with E-state index >= 15 is 0 Å². The van der Waals surface area contributed by atoms with Gasteiger partial charge in [0.05, 0.1) is 16.3 Å². The van der Waals surface area contributed by atoms with Gasteiger partial charge in [0.1, 0.15) is 5.56 Å². The van der Waals surface area contributed by atoms with Gasteiger partial charge in [-0.3, -0.25) is 4.98 Å². The molecule has 0 bridgehead atoms. The molecule has 2 rings (SSSR count). The third kappa shape index (κ3) is 3.29. The van der Waals surface area contributed by atoms with Crippen molar-refractivity contribution in [2.75, 3.05) is 0 Å². The number of hydrogen-bond donors (Lipinski definition) is 0. The molecule has 0 fully saturated rings. The van der Waals surface area contributed by atoms with Crippen molar-refractivity contribution < 1.29 is 26.3 Å². The van der Waals surface area contributed by atoms with Crippen LogP contribution < -0.4 is 0 Å². The van der Waals surface area contributed by atoms with E-state index in [-0.39, 0.29) is 5.56 Å². The second kappa shape index (κ2) is 5.22. The van der Waals surface area contributed by atoms with Crippen LogP contribution in [0.2, 0.25) is 5.02 Å². The molecule has 0 amide bonds. The predicted octanol–water partition coefficient (Wildman–Crippen LogP) is 5.44. The van der Waals surface area contributed by atoms with Gasteiger partial charge in [0.25, 0.3) is 0 Å². The van der Waals surface area contributed by atoms with Crippen molar-refractivity contribution in [2.45, 2.75) is 12.4 Å². The van der Waals surface area contributed by atoms with Crippen molar-refractivity contribution in [3.63, 3.8) is 0 Å². The zero-order chi connectivity index (χ0) is 15.8. The molecule has 0 radical (unpaired) electrons. The smallest absolute Gasteiger partial charge is 0.256 e. The average Bonchev–Trinajstić information content (AvgIpc) is 2.36. The summed E-state index contributed by atoms with van der Waals surface area (Å²) in [6, 6.07) is 4.43. The SMILES string of the molecule is FC(F)(F)c1cccc(-c2nccc(Cl)c2C(F)(F)F)c1. The molecule has 8 heteroatoms. The van der Waals surface area contributed by atoms with Crippen molar-refractivity contribution in [1.29, 1.82) is 0 Å². The van der Waals surface area contributed by atoms with Crippen molar-refractivity contribution in [1.82, 2.24) is 4.98 Å². The summed E-state index contributed by atoms with van der Waals surface area (Å²) in [5, 5.41) is -0.620. The number of aromatic nitrogens is 1. The fourth-order valence-corrected chi connectivity index (χ4v) is 2.02. The molecular weight excluding hydrogens is 320 g/mol. The summed E-state index contributed by atoms with van der Waals surface area (Å²) in [7, 11) is 0. The van der Waals surface area contributed by atoms with Gasteiger partial charge < -0.3 is 0 Å². The molecule has 0 aliphatic carbocycles. The molecule has 1 aromatic carbocycles. The van der Waals surface area contributed by atoms with Crippen LogP contribution in [0.3, 0.4) is 0 Å². The minimum Gasteiger partial charge on any atom is -0.256 e. The van der Waals surface area contributed by atoms with Crippen LogP contribution in [-0.4, -0.2) is 4.98 Å². The quantitative estimate of drug-likeness (QED) is 0.636. The average molecular weight is 326 g/mol. The van der Waals surface area contributed by atoms with Crippen molar-refractivity contribution in [3.05, 3.63) is 52.7 Å². The molecule has 112 valence electrons. The summed E-state index contributed by atoms with van der Waals surface area (Å²) in [4.78, 5) is 3.53. The Bertz CT molecular complexity index is 662. The lowest BCUT2D eigenvalue weighted by molar-refractivity contribution is -0.137. The molecule has 1 aromatic heterocycles. The molecule has 1 nitrogen and oxygen atoms in total. The largest absolute Gasteiger partial charge is 0.419 e. The van der Waals surface area contributed by atoms with Gasteiger partial charge in [0, 0.05) is 11.8 Å².